The van der Waals surface area contributed by atoms with Crippen LogP contribution in [0.5, 0.6) is 0 Å². The summed E-state index contributed by atoms with van der Waals surface area (Å²) < 4.78 is 24.5. The minimum Gasteiger partial charge on any atom is -0.320 e. The van der Waals surface area contributed by atoms with Crippen molar-refractivity contribution in [3.05, 3.63) is 37.8 Å². The highest BCUT2D eigenvalue weighted by molar-refractivity contribution is 5.34. The number of nitrogens with one attached hydrogen (secondary N) is 1. The van der Waals surface area contributed by atoms with E-state index in [1.54, 1.807) is 0 Å². The smallest absolute Gasteiger partial charge is 0.320 e. The van der Waals surface area contributed by atoms with Crippen molar-refractivity contribution in [3.63, 3.8) is 0 Å². The average molecular weight is 204 g/mol. The molecule has 1 heterocycles. The fraction of sp³-hybridized carbons (Fsp3) is 0.286. The summed E-state index contributed by atoms with van der Waals surface area (Å²) in [5.41, 5.74) is -2.44. The van der Waals surface area contributed by atoms with E-state index < -0.39 is 28.2 Å². The highest BCUT2D eigenvalue weighted by Crippen LogP contribution is 2.22. The molecule has 0 unspecified atom stereocenters. The first kappa shape index (κ1) is 10.3. The highest BCUT2D eigenvalue weighted by atomic mass is 19.3. The summed E-state index contributed by atoms with van der Waals surface area (Å²) in [6, 6.07) is 0.596. The van der Waals surface area contributed by atoms with Crippen LogP contribution in [0.4, 0.5) is 14.5 Å². The summed E-state index contributed by atoms with van der Waals surface area (Å²) in [6.45, 7) is 1.26. The molecule has 0 aromatic carbocycles. The normalized spacial score (nSPS) is 10.6. The van der Waals surface area contributed by atoms with Crippen LogP contribution in [0.2, 0.25) is 0 Å². The number of alkyl halides is 2. The molecule has 1 aromatic rings. The van der Waals surface area contributed by atoms with Crippen LogP contribution in [0.15, 0.2) is 10.9 Å². The number of hydrogen-bond donors (Lipinski definition) is 1. The Bertz CT molecular complexity index is 427. The van der Waals surface area contributed by atoms with Crippen molar-refractivity contribution < 1.29 is 13.7 Å². The number of nitrogens with zero attached hydrogens (tertiary/aromatic N) is 1. The zero-order valence-corrected chi connectivity index (χ0v) is 7.08. The summed E-state index contributed by atoms with van der Waals surface area (Å²) in [5, 5.41) is 10.2. The van der Waals surface area contributed by atoms with Crippen LogP contribution in [-0.4, -0.2) is 9.91 Å². The molecule has 0 atom stereocenters. The van der Waals surface area contributed by atoms with Crippen molar-refractivity contribution in [2.75, 3.05) is 0 Å². The third kappa shape index (κ3) is 1.76. The van der Waals surface area contributed by atoms with E-state index in [-0.39, 0.29) is 5.69 Å². The molecule has 1 aromatic heterocycles. The molecule has 0 aliphatic heterocycles. The highest BCUT2D eigenvalue weighted by Gasteiger charge is 2.19. The SMILES string of the molecule is Cc1[nH]c(=O)c([N+](=O)[O-])cc1C(F)F. The molecule has 0 bridgehead atoms. The Morgan fingerprint density at radius 1 is 1.57 bits per heavy atom. The van der Waals surface area contributed by atoms with Crippen molar-refractivity contribution >= 4 is 5.69 Å². The van der Waals surface area contributed by atoms with E-state index in [4.69, 9.17) is 0 Å². The topological polar surface area (TPSA) is 76.0 Å². The predicted molar refractivity (Wildman–Crippen MR) is 43.4 cm³/mol. The van der Waals surface area contributed by atoms with Crippen LogP contribution in [0.3, 0.4) is 0 Å². The maximum atomic E-state index is 12.3. The van der Waals surface area contributed by atoms with Gasteiger partial charge in [-0.1, -0.05) is 0 Å². The third-order valence-corrected chi connectivity index (χ3v) is 1.69. The van der Waals surface area contributed by atoms with Crippen molar-refractivity contribution in [1.29, 1.82) is 0 Å². The minimum atomic E-state index is -2.84. The Hall–Kier alpha value is -1.79. The van der Waals surface area contributed by atoms with Crippen LogP contribution in [-0.2, 0) is 0 Å². The van der Waals surface area contributed by atoms with Gasteiger partial charge in [0.1, 0.15) is 0 Å². The van der Waals surface area contributed by atoms with Gasteiger partial charge in [-0.15, -0.1) is 0 Å². The molecule has 0 radical (unpaired) electrons. The zero-order chi connectivity index (χ0) is 10.9. The standard InChI is InChI=1S/C7H6F2N2O3/c1-3-4(6(8)9)2-5(11(13)14)7(12)10-3/h2,6H,1H3,(H,10,12). The van der Waals surface area contributed by atoms with Crippen LogP contribution >= 0.6 is 0 Å². The Morgan fingerprint density at radius 2 is 2.14 bits per heavy atom. The van der Waals surface area contributed by atoms with Gasteiger partial charge < -0.3 is 4.98 Å². The Balaban J connectivity index is 3.42. The summed E-state index contributed by atoms with van der Waals surface area (Å²) in [7, 11) is 0. The van der Waals surface area contributed by atoms with E-state index in [2.05, 4.69) is 0 Å². The van der Waals surface area contributed by atoms with Gasteiger partial charge in [-0.2, -0.15) is 0 Å². The van der Waals surface area contributed by atoms with Gasteiger partial charge in [0, 0.05) is 17.3 Å². The number of rotatable bonds is 2. The molecule has 0 fully saturated rings. The second kappa shape index (κ2) is 3.52. The summed E-state index contributed by atoms with van der Waals surface area (Å²) in [4.78, 5) is 22.2. The van der Waals surface area contributed by atoms with Gasteiger partial charge in [0.15, 0.2) is 0 Å². The molecule has 0 aliphatic carbocycles. The van der Waals surface area contributed by atoms with Gasteiger partial charge in [-0.05, 0) is 6.92 Å². The lowest BCUT2D eigenvalue weighted by atomic mass is 10.2. The van der Waals surface area contributed by atoms with Crippen LogP contribution in [0.25, 0.3) is 0 Å². The predicted octanol–water partition coefficient (Wildman–Crippen LogP) is 1.53. The number of pyridine rings is 1. The quantitative estimate of drug-likeness (QED) is 0.586. The monoisotopic (exact) mass is 204 g/mol. The average Bonchev–Trinajstić information content (AvgIpc) is 2.02. The number of nitro groups is 1. The van der Waals surface area contributed by atoms with E-state index in [0.717, 1.165) is 0 Å². The van der Waals surface area contributed by atoms with Crippen LogP contribution < -0.4 is 5.56 Å². The van der Waals surface area contributed by atoms with Crippen LogP contribution in [0, 0.1) is 17.0 Å². The lowest BCUT2D eigenvalue weighted by Gasteiger charge is -2.02. The first-order valence-electron chi connectivity index (χ1n) is 3.60. The summed E-state index contributed by atoms with van der Waals surface area (Å²) >= 11 is 0. The maximum absolute atomic E-state index is 12.3. The fourth-order valence-electron chi connectivity index (χ4n) is 0.990. The molecule has 0 saturated carbocycles. The fourth-order valence-corrected chi connectivity index (χ4v) is 0.990. The van der Waals surface area contributed by atoms with Gasteiger partial charge in [0.2, 0.25) is 0 Å². The van der Waals surface area contributed by atoms with E-state index in [1.807, 2.05) is 4.98 Å². The molecule has 14 heavy (non-hydrogen) atoms. The van der Waals surface area contributed by atoms with E-state index in [0.29, 0.717) is 6.07 Å². The Labute approximate surface area is 76.5 Å². The maximum Gasteiger partial charge on any atom is 0.334 e. The van der Waals surface area contributed by atoms with Gasteiger partial charge in [-0.3, -0.25) is 14.9 Å². The number of aromatic amines is 1. The second-order valence-electron chi connectivity index (χ2n) is 2.62. The largest absolute Gasteiger partial charge is 0.334 e. The van der Waals surface area contributed by atoms with Crippen molar-refractivity contribution in [3.8, 4) is 0 Å². The molecule has 0 aliphatic rings. The van der Waals surface area contributed by atoms with Crippen LogP contribution in [0.1, 0.15) is 17.7 Å². The molecule has 0 amide bonds. The van der Waals surface area contributed by atoms with Crippen molar-refractivity contribution in [2.24, 2.45) is 0 Å². The number of aromatic nitrogens is 1. The number of aryl methyl sites for hydroxylation is 1. The molecule has 1 N–H and O–H groups in total. The third-order valence-electron chi connectivity index (χ3n) is 1.69. The summed E-state index contributed by atoms with van der Waals surface area (Å²) in [5.74, 6) is 0. The van der Waals surface area contributed by atoms with Crippen molar-refractivity contribution in [1.82, 2.24) is 4.98 Å². The minimum absolute atomic E-state index is 0.0596. The van der Waals surface area contributed by atoms with Gasteiger partial charge in [0.05, 0.1) is 4.92 Å². The lowest BCUT2D eigenvalue weighted by molar-refractivity contribution is -0.386. The lowest BCUT2D eigenvalue weighted by Crippen LogP contribution is -2.14. The zero-order valence-electron chi connectivity index (χ0n) is 7.08. The summed E-state index contributed by atoms with van der Waals surface area (Å²) in [6.07, 6.45) is -2.84. The Morgan fingerprint density at radius 3 is 2.57 bits per heavy atom. The molecule has 0 spiro atoms. The van der Waals surface area contributed by atoms with E-state index in [1.165, 1.54) is 6.92 Å². The molecule has 5 nitrogen and oxygen atoms in total. The van der Waals surface area contributed by atoms with Crippen molar-refractivity contribution in [2.45, 2.75) is 13.3 Å². The number of H-pyrrole nitrogens is 1. The Kier molecular flexibility index (Phi) is 2.59. The second-order valence-corrected chi connectivity index (χ2v) is 2.62. The van der Waals surface area contributed by atoms with Gasteiger partial charge in [0.25, 0.3) is 6.43 Å². The van der Waals surface area contributed by atoms with E-state index >= 15 is 0 Å². The molecule has 7 heteroatoms. The molecule has 0 saturated heterocycles. The first-order chi connectivity index (χ1) is 6.43. The van der Waals surface area contributed by atoms with Gasteiger partial charge in [-0.25, -0.2) is 8.78 Å². The number of hydrogen-bond acceptors (Lipinski definition) is 3. The number of halogens is 2. The van der Waals surface area contributed by atoms with E-state index in [9.17, 15) is 23.7 Å². The molecule has 1 rings (SSSR count). The molecular formula is C7H6F2N2O3. The van der Waals surface area contributed by atoms with Gasteiger partial charge >= 0.3 is 11.2 Å². The molecule has 76 valence electrons. The molecular weight excluding hydrogens is 198 g/mol. The first-order valence-corrected chi connectivity index (χ1v) is 3.60.